The van der Waals surface area contributed by atoms with Crippen molar-refractivity contribution in [1.29, 1.82) is 5.26 Å². The summed E-state index contributed by atoms with van der Waals surface area (Å²) in [5.74, 6) is 0.350. The number of carboxylic acid groups (broad SMARTS) is 1. The van der Waals surface area contributed by atoms with Crippen LogP contribution in [0.3, 0.4) is 0 Å². The predicted molar refractivity (Wildman–Crippen MR) is 141 cm³/mol. The zero-order valence-corrected chi connectivity index (χ0v) is 20.6. The first-order chi connectivity index (χ1) is 17.2. The molecule has 1 atom stereocenters. The van der Waals surface area contributed by atoms with Crippen LogP contribution >= 0.6 is 0 Å². The Kier molecular flexibility index (Phi) is 5.80. The van der Waals surface area contributed by atoms with Crippen molar-refractivity contribution in [3.05, 3.63) is 100 Å². The van der Waals surface area contributed by atoms with Gasteiger partial charge in [0.15, 0.2) is 7.28 Å². The molecule has 177 valence electrons. The fraction of sp³-hybridized carbons (Fsp3) is 0.233. The van der Waals surface area contributed by atoms with Gasteiger partial charge >= 0.3 is 5.97 Å². The van der Waals surface area contributed by atoms with Crippen molar-refractivity contribution in [3.8, 4) is 11.8 Å². The van der Waals surface area contributed by atoms with E-state index in [1.54, 1.807) is 18.3 Å². The van der Waals surface area contributed by atoms with E-state index < -0.39 is 11.4 Å². The van der Waals surface area contributed by atoms with Crippen LogP contribution in [-0.2, 0) is 5.41 Å². The highest BCUT2D eigenvalue weighted by atomic mass is 16.5. The molecular formula is C30H26BN2O3. The molecule has 1 aromatic heterocycles. The molecule has 1 aliphatic carbocycles. The van der Waals surface area contributed by atoms with Crippen LogP contribution in [0.15, 0.2) is 66.9 Å². The Morgan fingerprint density at radius 3 is 2.61 bits per heavy atom. The lowest BCUT2D eigenvalue weighted by atomic mass is 9.56. The van der Waals surface area contributed by atoms with Crippen LogP contribution in [0.4, 0.5) is 0 Å². The average molecular weight is 473 g/mol. The molecule has 1 aliphatic heterocycles. The first kappa shape index (κ1) is 23.6. The second-order valence-electron chi connectivity index (χ2n) is 9.74. The Balaban J connectivity index is 1.51. The lowest BCUT2D eigenvalue weighted by Gasteiger charge is -2.28. The lowest BCUT2D eigenvalue weighted by molar-refractivity contribution is 0.0698. The summed E-state index contributed by atoms with van der Waals surface area (Å²) in [6, 6.07) is 17.4. The summed E-state index contributed by atoms with van der Waals surface area (Å²) in [6.07, 6.45) is 3.47. The number of allylic oxidation sites excluding steroid dienone is 2. The van der Waals surface area contributed by atoms with Gasteiger partial charge in [-0.05, 0) is 79.0 Å². The number of fused-ring (bicyclic) bond motifs is 1. The Bertz CT molecular complexity index is 1480. The number of hydrogen-bond acceptors (Lipinski definition) is 4. The molecule has 1 radical (unpaired) electrons. The number of aromatic carboxylic acids is 1. The number of aromatic nitrogens is 1. The monoisotopic (exact) mass is 473 g/mol. The number of aryl methyl sites for hydroxylation is 1. The molecule has 36 heavy (non-hydrogen) atoms. The zero-order chi connectivity index (χ0) is 25.6. The Morgan fingerprint density at radius 2 is 1.97 bits per heavy atom. The second kappa shape index (κ2) is 8.84. The van der Waals surface area contributed by atoms with E-state index in [0.717, 1.165) is 57.7 Å². The van der Waals surface area contributed by atoms with Gasteiger partial charge in [-0.15, -0.1) is 0 Å². The van der Waals surface area contributed by atoms with Crippen LogP contribution in [0, 0.1) is 18.3 Å². The summed E-state index contributed by atoms with van der Waals surface area (Å²) < 4.78 is 6.57. The molecule has 5 rings (SSSR count). The van der Waals surface area contributed by atoms with E-state index in [0.29, 0.717) is 11.2 Å². The predicted octanol–water partition coefficient (Wildman–Crippen LogP) is 5.57. The van der Waals surface area contributed by atoms with E-state index in [9.17, 15) is 15.2 Å². The zero-order valence-electron chi connectivity index (χ0n) is 20.6. The first-order valence-corrected chi connectivity index (χ1v) is 12.0. The molecule has 0 bridgehead atoms. The molecule has 1 N–H and O–H groups in total. The van der Waals surface area contributed by atoms with Gasteiger partial charge in [-0.3, -0.25) is 4.98 Å². The molecule has 2 heterocycles. The number of carboxylic acids is 1. The minimum atomic E-state index is -0.953. The minimum Gasteiger partial charge on any atom is -0.478 e. The van der Waals surface area contributed by atoms with Crippen LogP contribution in [-0.4, -0.2) is 23.3 Å². The van der Waals surface area contributed by atoms with Gasteiger partial charge in [0.25, 0.3) is 0 Å². The fourth-order valence-corrected chi connectivity index (χ4v) is 4.83. The summed E-state index contributed by atoms with van der Waals surface area (Å²) in [6.45, 7) is 10.4. The maximum Gasteiger partial charge on any atom is 0.335 e. The molecule has 5 nitrogen and oxygen atoms in total. The highest BCUT2D eigenvalue weighted by molar-refractivity contribution is 6.56. The highest BCUT2D eigenvalue weighted by Gasteiger charge is 2.46. The van der Waals surface area contributed by atoms with Crippen molar-refractivity contribution in [1.82, 2.24) is 4.98 Å². The van der Waals surface area contributed by atoms with Gasteiger partial charge in [-0.2, -0.15) is 5.26 Å². The van der Waals surface area contributed by atoms with E-state index in [2.05, 4.69) is 29.8 Å². The van der Waals surface area contributed by atoms with Crippen molar-refractivity contribution in [2.24, 2.45) is 0 Å². The lowest BCUT2D eigenvalue weighted by Crippen LogP contribution is -2.27. The van der Waals surface area contributed by atoms with Crippen LogP contribution in [0.1, 0.15) is 70.8 Å². The molecule has 2 aliphatic rings. The normalized spacial score (nSPS) is 16.4. The van der Waals surface area contributed by atoms with Gasteiger partial charge in [0, 0.05) is 17.3 Å². The van der Waals surface area contributed by atoms with E-state index in [-0.39, 0.29) is 11.4 Å². The van der Waals surface area contributed by atoms with Gasteiger partial charge in [-0.25, -0.2) is 4.79 Å². The third kappa shape index (κ3) is 4.01. The topological polar surface area (TPSA) is 83.2 Å². The van der Waals surface area contributed by atoms with Crippen molar-refractivity contribution < 1.29 is 14.6 Å². The van der Waals surface area contributed by atoms with Gasteiger partial charge < -0.3 is 9.84 Å². The van der Waals surface area contributed by atoms with Crippen LogP contribution in [0.2, 0.25) is 0 Å². The number of hydrogen-bond donors (Lipinski definition) is 1. The van der Waals surface area contributed by atoms with Crippen molar-refractivity contribution in [2.45, 2.75) is 44.8 Å². The Hall–Kier alpha value is -4.11. The molecule has 1 unspecified atom stereocenters. The molecule has 6 heteroatoms. The summed E-state index contributed by atoms with van der Waals surface area (Å²) >= 11 is 0. The molecule has 2 aromatic carbocycles. The molecule has 0 saturated heterocycles. The number of rotatable bonds is 6. The summed E-state index contributed by atoms with van der Waals surface area (Å²) in [5.41, 5.74) is 6.92. The largest absolute Gasteiger partial charge is 0.478 e. The molecule has 1 fully saturated rings. The quantitative estimate of drug-likeness (QED) is 0.474. The van der Waals surface area contributed by atoms with Crippen LogP contribution in [0.25, 0.3) is 11.3 Å². The van der Waals surface area contributed by atoms with Crippen molar-refractivity contribution >= 4 is 30.0 Å². The Morgan fingerprint density at radius 1 is 1.22 bits per heavy atom. The summed E-state index contributed by atoms with van der Waals surface area (Å²) in [5, 5.41) is 19.1. The molecular weight excluding hydrogens is 447 g/mol. The van der Waals surface area contributed by atoms with Gasteiger partial charge in [0.05, 0.1) is 22.7 Å². The SMILES string of the molecule is C=C1C(C)=C(c2ccc(C3(C#N)CC3)nc2)Oc2c1cc(C)cc2C(C)[B]c1ccccc1C(=O)O. The molecule has 1 saturated carbocycles. The van der Waals surface area contributed by atoms with Gasteiger partial charge in [0.1, 0.15) is 11.5 Å². The Labute approximate surface area is 212 Å². The number of carbonyl (C=O) groups is 1. The summed E-state index contributed by atoms with van der Waals surface area (Å²) in [4.78, 5) is 16.3. The fourth-order valence-electron chi connectivity index (χ4n) is 4.83. The van der Waals surface area contributed by atoms with Crippen molar-refractivity contribution in [3.63, 3.8) is 0 Å². The molecule has 0 spiro atoms. The molecule has 3 aromatic rings. The number of nitrogens with zero attached hydrogens (tertiary/aromatic N) is 2. The smallest absolute Gasteiger partial charge is 0.335 e. The highest BCUT2D eigenvalue weighted by Crippen LogP contribution is 2.48. The molecule has 0 amide bonds. The van der Waals surface area contributed by atoms with E-state index in [4.69, 9.17) is 4.74 Å². The average Bonchev–Trinajstić information content (AvgIpc) is 3.68. The minimum absolute atomic E-state index is 0.113. The number of nitriles is 1. The standard InChI is InChI=1S/C30H26BN2O3/c1-17-13-23-18(2)19(3)27(21-9-10-26(33-15-21)30(16-32)11-12-30)36-28(23)24(14-17)20(4)31-25-8-6-5-7-22(25)29(34)35/h5-10,13-15,20H,2,11-12H2,1,3-4H3,(H,34,35). The summed E-state index contributed by atoms with van der Waals surface area (Å²) in [7, 11) is 1.96. The third-order valence-electron chi connectivity index (χ3n) is 7.18. The van der Waals surface area contributed by atoms with Gasteiger partial charge in [-0.1, -0.05) is 43.2 Å². The maximum atomic E-state index is 11.7. The van der Waals surface area contributed by atoms with Crippen LogP contribution < -0.4 is 10.2 Å². The van der Waals surface area contributed by atoms with Gasteiger partial charge in [0.2, 0.25) is 0 Å². The van der Waals surface area contributed by atoms with E-state index in [1.807, 2.05) is 52.3 Å². The second-order valence-corrected chi connectivity index (χ2v) is 9.74. The van der Waals surface area contributed by atoms with Crippen molar-refractivity contribution in [2.75, 3.05) is 0 Å². The van der Waals surface area contributed by atoms with Crippen LogP contribution in [0.5, 0.6) is 5.75 Å². The van der Waals surface area contributed by atoms with E-state index >= 15 is 0 Å². The first-order valence-electron chi connectivity index (χ1n) is 12.0. The maximum absolute atomic E-state index is 11.7. The number of pyridine rings is 1. The third-order valence-corrected chi connectivity index (χ3v) is 7.18. The number of ether oxygens (including phenoxy) is 1. The number of benzene rings is 2. The van der Waals surface area contributed by atoms with E-state index in [1.165, 1.54) is 0 Å².